The van der Waals surface area contributed by atoms with Gasteiger partial charge in [-0.2, -0.15) is 18.3 Å². The number of hydrogen-bond donors (Lipinski definition) is 1. The zero-order chi connectivity index (χ0) is 12.5. The van der Waals surface area contributed by atoms with Gasteiger partial charge in [0.2, 0.25) is 5.91 Å². The lowest BCUT2D eigenvalue weighted by molar-refractivity contribution is -0.142. The second-order valence-electron chi connectivity index (χ2n) is 3.75. The van der Waals surface area contributed by atoms with Crippen LogP contribution in [0.25, 0.3) is 0 Å². The fourth-order valence-corrected chi connectivity index (χ4v) is 1.32. The van der Waals surface area contributed by atoms with Crippen LogP contribution in [0, 0.1) is 0 Å². The Bertz CT molecular complexity index is 395. The number of halogens is 3. The summed E-state index contributed by atoms with van der Waals surface area (Å²) in [5.41, 5.74) is 4.00. The summed E-state index contributed by atoms with van der Waals surface area (Å²) in [7, 11) is 0. The Kier molecular flexibility index (Phi) is 3.25. The number of carbonyl (C=O) groups is 1. The maximum Gasteiger partial charge on any atom is 0.435 e. The molecular weight excluding hydrogens is 223 g/mol. The first kappa shape index (κ1) is 12.5. The van der Waals surface area contributed by atoms with Gasteiger partial charge < -0.3 is 5.73 Å². The van der Waals surface area contributed by atoms with E-state index in [1.54, 1.807) is 13.8 Å². The van der Waals surface area contributed by atoms with Crippen molar-refractivity contribution < 1.29 is 18.0 Å². The maximum atomic E-state index is 12.6. The fourth-order valence-electron chi connectivity index (χ4n) is 1.32. The van der Waals surface area contributed by atoms with Crippen LogP contribution < -0.4 is 5.73 Å². The minimum Gasteiger partial charge on any atom is -0.368 e. The number of nitrogens with zero attached hydrogens (tertiary/aromatic N) is 2. The highest BCUT2D eigenvalue weighted by atomic mass is 19.4. The first-order valence-corrected chi connectivity index (χ1v) is 4.64. The number of rotatable bonds is 3. The number of nitrogens with two attached hydrogens (primary N) is 1. The van der Waals surface area contributed by atoms with Gasteiger partial charge in [0.25, 0.3) is 0 Å². The predicted octanol–water partition coefficient (Wildman–Crippen LogP) is 1.51. The van der Waals surface area contributed by atoms with E-state index in [9.17, 15) is 18.0 Å². The van der Waals surface area contributed by atoms with Gasteiger partial charge >= 0.3 is 6.18 Å². The van der Waals surface area contributed by atoms with Gasteiger partial charge in [0.15, 0.2) is 5.69 Å². The Hall–Kier alpha value is -1.53. The van der Waals surface area contributed by atoms with Crippen LogP contribution in [0.3, 0.4) is 0 Å². The monoisotopic (exact) mass is 235 g/mol. The fraction of sp³-hybridized carbons (Fsp3) is 0.556. The standard InChI is InChI=1S/C9H12F3N3O/c1-5(2)6-3-15(4-7(13)16)14-8(6)9(10,11)12/h3,5H,4H2,1-2H3,(H2,13,16). The normalized spacial score (nSPS) is 12.1. The molecule has 0 unspecified atom stereocenters. The molecule has 0 saturated carbocycles. The predicted molar refractivity (Wildman–Crippen MR) is 50.5 cm³/mol. The van der Waals surface area contributed by atoms with Gasteiger partial charge in [0, 0.05) is 11.8 Å². The van der Waals surface area contributed by atoms with Crippen molar-refractivity contribution in [2.24, 2.45) is 5.73 Å². The molecule has 16 heavy (non-hydrogen) atoms. The van der Waals surface area contributed by atoms with Crippen molar-refractivity contribution in [3.8, 4) is 0 Å². The van der Waals surface area contributed by atoms with Crippen molar-refractivity contribution in [2.45, 2.75) is 32.5 Å². The molecule has 1 aromatic rings. The summed E-state index contributed by atoms with van der Waals surface area (Å²) < 4.78 is 38.6. The lowest BCUT2D eigenvalue weighted by Gasteiger charge is -2.07. The first-order valence-electron chi connectivity index (χ1n) is 4.64. The molecule has 1 amide bonds. The van der Waals surface area contributed by atoms with Crippen LogP contribution in [-0.4, -0.2) is 15.7 Å². The summed E-state index contributed by atoms with van der Waals surface area (Å²) in [5, 5.41) is 3.33. The van der Waals surface area contributed by atoms with Crippen molar-refractivity contribution in [1.82, 2.24) is 9.78 Å². The molecule has 0 spiro atoms. The molecule has 1 aromatic heterocycles. The lowest BCUT2D eigenvalue weighted by atomic mass is 10.0. The summed E-state index contributed by atoms with van der Waals surface area (Å²) in [6.07, 6.45) is -3.30. The van der Waals surface area contributed by atoms with Crippen molar-refractivity contribution >= 4 is 5.91 Å². The Balaban J connectivity index is 3.15. The van der Waals surface area contributed by atoms with Crippen LogP contribution >= 0.6 is 0 Å². The minimum atomic E-state index is -4.51. The van der Waals surface area contributed by atoms with Crippen LogP contribution in [-0.2, 0) is 17.5 Å². The molecule has 7 heteroatoms. The van der Waals surface area contributed by atoms with Gasteiger partial charge in [0.05, 0.1) is 0 Å². The van der Waals surface area contributed by atoms with E-state index in [1.807, 2.05) is 0 Å². The first-order chi connectivity index (χ1) is 7.21. The molecule has 0 radical (unpaired) electrons. The van der Waals surface area contributed by atoms with Crippen LogP contribution in [0.5, 0.6) is 0 Å². The molecule has 2 N–H and O–H groups in total. The molecule has 0 atom stereocenters. The van der Waals surface area contributed by atoms with Gasteiger partial charge in [-0.3, -0.25) is 9.48 Å². The Morgan fingerprint density at radius 2 is 2.12 bits per heavy atom. The number of amides is 1. The molecule has 0 bridgehead atoms. The van der Waals surface area contributed by atoms with Gasteiger partial charge in [-0.05, 0) is 5.92 Å². The SMILES string of the molecule is CC(C)c1cn(CC(N)=O)nc1C(F)(F)F. The Morgan fingerprint density at radius 3 is 2.44 bits per heavy atom. The van der Waals surface area contributed by atoms with Crippen LogP contribution in [0.15, 0.2) is 6.20 Å². The second kappa shape index (κ2) is 4.15. The van der Waals surface area contributed by atoms with E-state index >= 15 is 0 Å². The Morgan fingerprint density at radius 1 is 1.56 bits per heavy atom. The topological polar surface area (TPSA) is 60.9 Å². The van der Waals surface area contributed by atoms with E-state index in [0.29, 0.717) is 0 Å². The van der Waals surface area contributed by atoms with E-state index in [0.717, 1.165) is 4.68 Å². The van der Waals surface area contributed by atoms with Crippen molar-refractivity contribution in [2.75, 3.05) is 0 Å². The number of alkyl halides is 3. The lowest BCUT2D eigenvalue weighted by Crippen LogP contribution is -2.19. The third kappa shape index (κ3) is 2.74. The molecule has 1 heterocycles. The van der Waals surface area contributed by atoms with Crippen LogP contribution in [0.2, 0.25) is 0 Å². The molecule has 0 fully saturated rings. The smallest absolute Gasteiger partial charge is 0.368 e. The number of primary amides is 1. The number of aromatic nitrogens is 2. The van der Waals surface area contributed by atoms with Gasteiger partial charge in [0.1, 0.15) is 6.54 Å². The molecule has 0 aromatic carbocycles. The second-order valence-corrected chi connectivity index (χ2v) is 3.75. The summed E-state index contributed by atoms with van der Waals surface area (Å²) in [5.74, 6) is -1.05. The highest BCUT2D eigenvalue weighted by Gasteiger charge is 2.37. The van der Waals surface area contributed by atoms with E-state index < -0.39 is 17.8 Å². The summed E-state index contributed by atoms with van der Waals surface area (Å²) in [6.45, 7) is 2.90. The van der Waals surface area contributed by atoms with Crippen molar-refractivity contribution in [3.05, 3.63) is 17.5 Å². The molecule has 0 aliphatic heterocycles. The van der Waals surface area contributed by atoms with Crippen molar-refractivity contribution in [1.29, 1.82) is 0 Å². The molecule has 4 nitrogen and oxygen atoms in total. The summed E-state index contributed by atoms with van der Waals surface area (Å²) in [6, 6.07) is 0. The Labute approximate surface area is 90.2 Å². The molecule has 0 aliphatic rings. The molecule has 0 aliphatic carbocycles. The van der Waals surface area contributed by atoms with Gasteiger partial charge in [-0.1, -0.05) is 13.8 Å². The molecule has 1 rings (SSSR count). The molecule has 90 valence electrons. The molecule has 0 saturated heterocycles. The highest BCUT2D eigenvalue weighted by Crippen LogP contribution is 2.33. The zero-order valence-electron chi connectivity index (χ0n) is 8.88. The van der Waals surface area contributed by atoms with Crippen LogP contribution in [0.1, 0.15) is 31.0 Å². The molecular formula is C9H12F3N3O. The number of carbonyl (C=O) groups excluding carboxylic acids is 1. The van der Waals surface area contributed by atoms with E-state index in [4.69, 9.17) is 5.73 Å². The average Bonchev–Trinajstić information content (AvgIpc) is 2.45. The van der Waals surface area contributed by atoms with Gasteiger partial charge in [-0.25, -0.2) is 0 Å². The van der Waals surface area contributed by atoms with Crippen molar-refractivity contribution in [3.63, 3.8) is 0 Å². The zero-order valence-corrected chi connectivity index (χ0v) is 8.88. The van der Waals surface area contributed by atoms with Gasteiger partial charge in [-0.15, -0.1) is 0 Å². The van der Waals surface area contributed by atoms with E-state index in [-0.39, 0.29) is 18.0 Å². The largest absolute Gasteiger partial charge is 0.435 e. The highest BCUT2D eigenvalue weighted by molar-refractivity contribution is 5.73. The van der Waals surface area contributed by atoms with Crippen LogP contribution in [0.4, 0.5) is 13.2 Å². The summed E-state index contributed by atoms with van der Waals surface area (Å²) >= 11 is 0. The van der Waals surface area contributed by atoms with E-state index in [1.165, 1.54) is 6.20 Å². The third-order valence-electron chi connectivity index (χ3n) is 2.00. The third-order valence-corrected chi connectivity index (χ3v) is 2.00. The summed E-state index contributed by atoms with van der Waals surface area (Å²) in [4.78, 5) is 10.6. The quantitative estimate of drug-likeness (QED) is 0.863. The van der Waals surface area contributed by atoms with E-state index in [2.05, 4.69) is 5.10 Å². The average molecular weight is 235 g/mol. The number of hydrogen-bond acceptors (Lipinski definition) is 2. The minimum absolute atomic E-state index is 0.0637. The maximum absolute atomic E-state index is 12.6.